The Morgan fingerprint density at radius 3 is 2.26 bits per heavy atom. The molecule has 0 amide bonds. The number of rotatable bonds is 3. The van der Waals surface area contributed by atoms with Crippen LogP contribution in [-0.4, -0.2) is 17.6 Å². The molecule has 4 aromatic rings. The van der Waals surface area contributed by atoms with E-state index >= 15 is 0 Å². The number of aromatic nitrogens is 1. The molecule has 1 heterocycles. The lowest BCUT2D eigenvalue weighted by Gasteiger charge is -2.13. The van der Waals surface area contributed by atoms with Crippen LogP contribution in [0.3, 0.4) is 0 Å². The van der Waals surface area contributed by atoms with E-state index in [0.717, 1.165) is 38.8 Å². The molecule has 3 heteroatoms. The number of pyridine rings is 1. The molecule has 0 N–H and O–H groups in total. The van der Waals surface area contributed by atoms with Crippen molar-refractivity contribution < 1.29 is 9.53 Å². The van der Waals surface area contributed by atoms with Crippen LogP contribution in [0.25, 0.3) is 44.2 Å². The average molecular weight is 351 g/mol. The predicted molar refractivity (Wildman–Crippen MR) is 108 cm³/mol. The molecular formula is C24H17NO2. The molecule has 130 valence electrons. The summed E-state index contributed by atoms with van der Waals surface area (Å²) in [5.74, 6) is -0.377. The summed E-state index contributed by atoms with van der Waals surface area (Å²) in [6.45, 7) is 2.14. The lowest BCUT2D eigenvalue weighted by Crippen LogP contribution is -2.09. The maximum atomic E-state index is 12.6. The Morgan fingerprint density at radius 1 is 0.852 bits per heavy atom. The molecule has 0 saturated carbocycles. The molecule has 5 rings (SSSR count). The summed E-state index contributed by atoms with van der Waals surface area (Å²) < 4.78 is 5.29. The molecule has 0 aliphatic heterocycles. The Morgan fingerprint density at radius 2 is 1.56 bits per heavy atom. The van der Waals surface area contributed by atoms with Gasteiger partial charge in [-0.2, -0.15) is 0 Å². The summed E-state index contributed by atoms with van der Waals surface area (Å²) in [5, 5.41) is 2.33. The van der Waals surface area contributed by atoms with Gasteiger partial charge in [0.05, 0.1) is 6.61 Å². The van der Waals surface area contributed by atoms with Crippen molar-refractivity contribution in [1.82, 2.24) is 4.98 Å². The highest BCUT2D eigenvalue weighted by atomic mass is 16.5. The lowest BCUT2D eigenvalue weighted by molar-refractivity contribution is 0.0520. The molecule has 0 spiro atoms. The highest BCUT2D eigenvalue weighted by Crippen LogP contribution is 2.51. The van der Waals surface area contributed by atoms with Crippen LogP contribution in [0.1, 0.15) is 17.4 Å². The predicted octanol–water partition coefficient (Wildman–Crippen LogP) is 5.73. The molecule has 1 aliphatic rings. The number of nitrogens with zero attached hydrogens (tertiary/aromatic N) is 1. The largest absolute Gasteiger partial charge is 0.461 e. The SMILES string of the molecule is CCOC(=O)c1ncc(-c2ccccc2)c2c1-c1cccc3cccc-2c13. The second-order valence-electron chi connectivity index (χ2n) is 6.57. The van der Waals surface area contributed by atoms with Gasteiger partial charge in [-0.1, -0.05) is 66.7 Å². The van der Waals surface area contributed by atoms with E-state index in [2.05, 4.69) is 47.4 Å². The first-order chi connectivity index (χ1) is 13.3. The van der Waals surface area contributed by atoms with Gasteiger partial charge in [-0.25, -0.2) is 9.78 Å². The number of esters is 1. The number of benzene rings is 3. The monoisotopic (exact) mass is 351 g/mol. The van der Waals surface area contributed by atoms with E-state index in [0.29, 0.717) is 12.3 Å². The summed E-state index contributed by atoms with van der Waals surface area (Å²) in [6, 6.07) is 22.7. The third kappa shape index (κ3) is 2.28. The minimum atomic E-state index is -0.377. The number of fused-ring (bicyclic) bond motifs is 3. The van der Waals surface area contributed by atoms with Gasteiger partial charge in [0.2, 0.25) is 0 Å². The Hall–Kier alpha value is -3.46. The van der Waals surface area contributed by atoms with E-state index in [1.54, 1.807) is 6.20 Å². The normalized spacial score (nSPS) is 11.4. The van der Waals surface area contributed by atoms with Gasteiger partial charge < -0.3 is 4.74 Å². The van der Waals surface area contributed by atoms with Gasteiger partial charge in [0.25, 0.3) is 0 Å². The molecule has 0 bridgehead atoms. The molecule has 1 aliphatic carbocycles. The maximum Gasteiger partial charge on any atom is 0.357 e. The molecule has 0 fully saturated rings. The van der Waals surface area contributed by atoms with Crippen LogP contribution in [0, 0.1) is 0 Å². The van der Waals surface area contributed by atoms with Gasteiger partial charge in [-0.3, -0.25) is 0 Å². The van der Waals surface area contributed by atoms with Gasteiger partial charge >= 0.3 is 5.97 Å². The summed E-state index contributed by atoms with van der Waals surface area (Å²) >= 11 is 0. The third-order valence-electron chi connectivity index (χ3n) is 5.08. The molecule has 27 heavy (non-hydrogen) atoms. The van der Waals surface area contributed by atoms with Crippen molar-refractivity contribution in [2.75, 3.05) is 6.61 Å². The van der Waals surface area contributed by atoms with Crippen molar-refractivity contribution in [3.05, 3.63) is 78.6 Å². The van der Waals surface area contributed by atoms with Crippen LogP contribution < -0.4 is 0 Å². The van der Waals surface area contributed by atoms with Crippen molar-refractivity contribution in [3.63, 3.8) is 0 Å². The van der Waals surface area contributed by atoms with Gasteiger partial charge in [-0.15, -0.1) is 0 Å². The van der Waals surface area contributed by atoms with Crippen molar-refractivity contribution in [2.45, 2.75) is 6.92 Å². The lowest BCUT2D eigenvalue weighted by atomic mass is 9.94. The smallest absolute Gasteiger partial charge is 0.357 e. The van der Waals surface area contributed by atoms with E-state index in [9.17, 15) is 4.79 Å². The minimum Gasteiger partial charge on any atom is -0.461 e. The average Bonchev–Trinajstić information content (AvgIpc) is 3.05. The fourth-order valence-corrected chi connectivity index (χ4v) is 4.00. The molecule has 1 aromatic heterocycles. The van der Waals surface area contributed by atoms with E-state index < -0.39 is 0 Å². The van der Waals surface area contributed by atoms with E-state index in [1.807, 2.05) is 31.2 Å². The number of hydrogen-bond acceptors (Lipinski definition) is 3. The third-order valence-corrected chi connectivity index (χ3v) is 5.08. The number of hydrogen-bond donors (Lipinski definition) is 0. The molecule has 3 nitrogen and oxygen atoms in total. The standard InChI is InChI=1S/C24H17NO2/c1-2-27-24(26)23-22-18-13-7-11-16-10-6-12-17(20(16)18)21(22)19(14-25-23)15-8-4-3-5-9-15/h3-14H,2H2,1H3. The van der Waals surface area contributed by atoms with Crippen LogP contribution in [0.4, 0.5) is 0 Å². The first-order valence-corrected chi connectivity index (χ1v) is 9.07. The molecule has 0 radical (unpaired) electrons. The summed E-state index contributed by atoms with van der Waals surface area (Å²) in [5.41, 5.74) is 6.63. The topological polar surface area (TPSA) is 39.2 Å². The first-order valence-electron chi connectivity index (χ1n) is 9.07. The Bertz CT molecular complexity index is 1190. The molecule has 3 aromatic carbocycles. The molecular weight excluding hydrogens is 334 g/mol. The van der Waals surface area contributed by atoms with Crippen LogP contribution in [-0.2, 0) is 4.74 Å². The quantitative estimate of drug-likeness (QED) is 0.390. The Kier molecular flexibility index (Phi) is 3.54. The van der Waals surface area contributed by atoms with Crippen molar-refractivity contribution in [2.24, 2.45) is 0 Å². The first kappa shape index (κ1) is 15.8. The van der Waals surface area contributed by atoms with Crippen LogP contribution in [0.2, 0.25) is 0 Å². The van der Waals surface area contributed by atoms with Crippen molar-refractivity contribution in [1.29, 1.82) is 0 Å². The highest BCUT2D eigenvalue weighted by Gasteiger charge is 2.30. The van der Waals surface area contributed by atoms with Gasteiger partial charge in [0, 0.05) is 22.9 Å². The Balaban J connectivity index is 1.90. The summed E-state index contributed by atoms with van der Waals surface area (Å²) in [7, 11) is 0. The molecule has 0 unspecified atom stereocenters. The van der Waals surface area contributed by atoms with Crippen molar-refractivity contribution >= 4 is 16.7 Å². The molecule has 0 atom stereocenters. The molecule has 0 saturated heterocycles. The van der Waals surface area contributed by atoms with E-state index in [4.69, 9.17) is 4.74 Å². The van der Waals surface area contributed by atoms with Gasteiger partial charge in [-0.05, 0) is 34.4 Å². The summed E-state index contributed by atoms with van der Waals surface area (Å²) in [6.07, 6.45) is 1.80. The van der Waals surface area contributed by atoms with Crippen LogP contribution in [0.15, 0.2) is 72.9 Å². The maximum absolute atomic E-state index is 12.6. The zero-order valence-corrected chi connectivity index (χ0v) is 14.9. The second kappa shape index (κ2) is 6.06. The Labute approximate surface area is 157 Å². The number of carbonyl (C=O) groups is 1. The van der Waals surface area contributed by atoms with Gasteiger partial charge in [0.1, 0.15) is 0 Å². The minimum absolute atomic E-state index is 0.326. The van der Waals surface area contributed by atoms with Crippen molar-refractivity contribution in [3.8, 4) is 33.4 Å². The fourth-order valence-electron chi connectivity index (χ4n) is 4.00. The highest BCUT2D eigenvalue weighted by molar-refractivity contribution is 6.21. The van der Waals surface area contributed by atoms with Crippen LogP contribution in [0.5, 0.6) is 0 Å². The number of carbonyl (C=O) groups excluding carboxylic acids is 1. The second-order valence-corrected chi connectivity index (χ2v) is 6.57. The zero-order chi connectivity index (χ0) is 18.4. The van der Waals surface area contributed by atoms with Crippen LogP contribution >= 0.6 is 0 Å². The summed E-state index contributed by atoms with van der Waals surface area (Å²) in [4.78, 5) is 17.2. The van der Waals surface area contributed by atoms with E-state index in [1.165, 1.54) is 5.39 Å². The zero-order valence-electron chi connectivity index (χ0n) is 14.9. The van der Waals surface area contributed by atoms with E-state index in [-0.39, 0.29) is 5.97 Å². The fraction of sp³-hybridized carbons (Fsp3) is 0.0833. The van der Waals surface area contributed by atoms with Gasteiger partial charge in [0.15, 0.2) is 5.69 Å². The number of ether oxygens (including phenoxy) is 1.